The molecule has 0 radical (unpaired) electrons. The topological polar surface area (TPSA) is 63.7 Å². The van der Waals surface area contributed by atoms with Crippen molar-refractivity contribution in [2.24, 2.45) is 7.05 Å². The molecule has 1 fully saturated rings. The number of rotatable bonds is 8. The number of ether oxygens (including phenoxy) is 1. The van der Waals surface area contributed by atoms with E-state index in [2.05, 4.69) is 16.6 Å². The number of amides is 1. The zero-order valence-electron chi connectivity index (χ0n) is 17.9. The summed E-state index contributed by atoms with van der Waals surface area (Å²) in [5.41, 5.74) is 2.26. The Labute approximate surface area is 182 Å². The number of hydrogen-bond acceptors (Lipinski definition) is 5. The van der Waals surface area contributed by atoms with Crippen LogP contribution in [0, 0.1) is 0 Å². The maximum atomic E-state index is 12.8. The van der Waals surface area contributed by atoms with Gasteiger partial charge in [-0.1, -0.05) is 24.3 Å². The second kappa shape index (κ2) is 9.66. The molecule has 1 amide bonds. The molecule has 1 aliphatic rings. The predicted molar refractivity (Wildman–Crippen MR) is 118 cm³/mol. The molecule has 4 rings (SSSR count). The molecule has 1 aromatic carbocycles. The van der Waals surface area contributed by atoms with Crippen LogP contribution >= 0.6 is 0 Å². The lowest BCUT2D eigenvalue weighted by molar-refractivity contribution is 0.0594. The standard InChI is InChI=1S/C24H28N4O3/c1-3-6-20-7-4-5-8-22(20)30-18-21-9-10-23(31-21)24(29)28-13-11-27(12-14-28)17-19-15-25-26(2)16-19/h3-5,7-10,15-16H,1,6,11-14,17-18H2,2H3. The van der Waals surface area contributed by atoms with Crippen molar-refractivity contribution in [2.75, 3.05) is 26.2 Å². The molecule has 0 bridgehead atoms. The lowest BCUT2D eigenvalue weighted by Crippen LogP contribution is -2.48. The van der Waals surface area contributed by atoms with Crippen molar-refractivity contribution >= 4 is 5.91 Å². The molecule has 0 unspecified atom stereocenters. The largest absolute Gasteiger partial charge is 0.485 e. The van der Waals surface area contributed by atoms with Crippen LogP contribution in [0.4, 0.5) is 0 Å². The van der Waals surface area contributed by atoms with Crippen LogP contribution < -0.4 is 4.74 Å². The second-order valence-electron chi connectivity index (χ2n) is 7.75. The minimum absolute atomic E-state index is 0.0701. The first-order valence-electron chi connectivity index (χ1n) is 10.5. The maximum absolute atomic E-state index is 12.8. The normalized spacial score (nSPS) is 14.5. The molecule has 162 valence electrons. The number of benzene rings is 1. The summed E-state index contributed by atoms with van der Waals surface area (Å²) in [6, 6.07) is 11.4. The molecule has 0 aliphatic carbocycles. The summed E-state index contributed by atoms with van der Waals surface area (Å²) in [6.07, 6.45) is 6.51. The lowest BCUT2D eigenvalue weighted by Gasteiger charge is -2.34. The number of aromatic nitrogens is 2. The molecule has 7 heteroatoms. The first-order chi connectivity index (χ1) is 15.1. The first kappa shape index (κ1) is 20.9. The molecule has 1 aliphatic heterocycles. The Morgan fingerprint density at radius 3 is 2.74 bits per heavy atom. The minimum Gasteiger partial charge on any atom is -0.485 e. The number of para-hydroxylation sites is 1. The van der Waals surface area contributed by atoms with Gasteiger partial charge in [0.1, 0.15) is 18.1 Å². The first-order valence-corrected chi connectivity index (χ1v) is 10.5. The molecule has 31 heavy (non-hydrogen) atoms. The van der Waals surface area contributed by atoms with Gasteiger partial charge in [-0.2, -0.15) is 5.10 Å². The van der Waals surface area contributed by atoms with E-state index in [0.29, 0.717) is 24.6 Å². The molecule has 2 aromatic heterocycles. The Morgan fingerprint density at radius 1 is 1.19 bits per heavy atom. The number of allylic oxidation sites excluding steroid dienone is 1. The fourth-order valence-corrected chi connectivity index (χ4v) is 3.76. The molecule has 3 heterocycles. The molecule has 3 aromatic rings. The van der Waals surface area contributed by atoms with Crippen LogP contribution in [0.3, 0.4) is 0 Å². The molecule has 0 atom stereocenters. The SMILES string of the molecule is C=CCc1ccccc1OCc1ccc(C(=O)N2CCN(Cc3cnn(C)c3)CC2)o1. The van der Waals surface area contributed by atoms with Crippen molar-refractivity contribution in [2.45, 2.75) is 19.6 Å². The Balaban J connectivity index is 1.29. The summed E-state index contributed by atoms with van der Waals surface area (Å²) in [7, 11) is 1.92. The summed E-state index contributed by atoms with van der Waals surface area (Å²) >= 11 is 0. The van der Waals surface area contributed by atoms with E-state index in [-0.39, 0.29) is 12.5 Å². The van der Waals surface area contributed by atoms with E-state index in [1.807, 2.05) is 65.4 Å². The van der Waals surface area contributed by atoms with Crippen molar-refractivity contribution < 1.29 is 13.9 Å². The van der Waals surface area contributed by atoms with Crippen LogP contribution in [0.25, 0.3) is 0 Å². The molecular weight excluding hydrogens is 392 g/mol. The Bertz CT molecular complexity index is 1030. The minimum atomic E-state index is -0.0701. The van der Waals surface area contributed by atoms with Crippen LogP contribution in [0.5, 0.6) is 5.75 Å². The zero-order chi connectivity index (χ0) is 21.6. The van der Waals surface area contributed by atoms with Gasteiger partial charge in [-0.3, -0.25) is 14.4 Å². The molecule has 0 saturated carbocycles. The van der Waals surface area contributed by atoms with Crippen LogP contribution in [-0.4, -0.2) is 51.7 Å². The van der Waals surface area contributed by atoms with Crippen LogP contribution in [0.1, 0.15) is 27.4 Å². The molecule has 1 saturated heterocycles. The Hall–Kier alpha value is -3.32. The molecule has 0 N–H and O–H groups in total. The predicted octanol–water partition coefficient (Wildman–Crippen LogP) is 3.28. The summed E-state index contributed by atoms with van der Waals surface area (Å²) in [5, 5.41) is 4.21. The van der Waals surface area contributed by atoms with E-state index in [4.69, 9.17) is 9.15 Å². The van der Waals surface area contributed by atoms with Gasteiger partial charge in [0.05, 0.1) is 6.20 Å². The van der Waals surface area contributed by atoms with Gasteiger partial charge in [0.2, 0.25) is 0 Å². The van der Waals surface area contributed by atoms with Gasteiger partial charge in [0.25, 0.3) is 5.91 Å². The van der Waals surface area contributed by atoms with Gasteiger partial charge in [0.15, 0.2) is 5.76 Å². The average molecular weight is 421 g/mol. The van der Waals surface area contributed by atoms with Crippen LogP contribution in [0.15, 0.2) is 65.9 Å². The van der Waals surface area contributed by atoms with Crippen molar-refractivity contribution in [3.63, 3.8) is 0 Å². The second-order valence-corrected chi connectivity index (χ2v) is 7.75. The highest BCUT2D eigenvalue weighted by atomic mass is 16.5. The highest BCUT2D eigenvalue weighted by Crippen LogP contribution is 2.21. The third-order valence-corrected chi connectivity index (χ3v) is 5.40. The van der Waals surface area contributed by atoms with E-state index >= 15 is 0 Å². The number of nitrogens with zero attached hydrogens (tertiary/aromatic N) is 4. The highest BCUT2D eigenvalue weighted by molar-refractivity contribution is 5.91. The Morgan fingerprint density at radius 2 is 2.00 bits per heavy atom. The lowest BCUT2D eigenvalue weighted by atomic mass is 10.1. The van der Waals surface area contributed by atoms with Gasteiger partial charge in [0, 0.05) is 51.5 Å². The van der Waals surface area contributed by atoms with Gasteiger partial charge in [-0.25, -0.2) is 0 Å². The number of furan rings is 1. The number of carbonyl (C=O) groups is 1. The average Bonchev–Trinajstić information content (AvgIpc) is 3.42. The third kappa shape index (κ3) is 5.24. The summed E-state index contributed by atoms with van der Waals surface area (Å²) < 4.78 is 13.5. The molecule has 7 nitrogen and oxygen atoms in total. The number of carbonyl (C=O) groups excluding carboxylic acids is 1. The molecule has 0 spiro atoms. The maximum Gasteiger partial charge on any atom is 0.289 e. The molecular formula is C24H28N4O3. The Kier molecular flexibility index (Phi) is 6.52. The van der Waals surface area contributed by atoms with E-state index in [1.54, 1.807) is 6.07 Å². The van der Waals surface area contributed by atoms with Gasteiger partial charge >= 0.3 is 0 Å². The van der Waals surface area contributed by atoms with E-state index < -0.39 is 0 Å². The van der Waals surface area contributed by atoms with Gasteiger partial charge in [-0.05, 0) is 30.2 Å². The summed E-state index contributed by atoms with van der Waals surface area (Å²) in [6.45, 7) is 7.94. The fraction of sp³-hybridized carbons (Fsp3) is 0.333. The van der Waals surface area contributed by atoms with Gasteiger partial charge in [-0.15, -0.1) is 6.58 Å². The number of piperazine rings is 1. The summed E-state index contributed by atoms with van der Waals surface area (Å²) in [5.74, 6) is 1.72. The fourth-order valence-electron chi connectivity index (χ4n) is 3.76. The monoisotopic (exact) mass is 420 g/mol. The van der Waals surface area contributed by atoms with Crippen LogP contribution in [-0.2, 0) is 26.6 Å². The quantitative estimate of drug-likeness (QED) is 0.524. The van der Waals surface area contributed by atoms with E-state index in [1.165, 1.54) is 5.56 Å². The van der Waals surface area contributed by atoms with Crippen LogP contribution in [0.2, 0.25) is 0 Å². The number of aryl methyl sites for hydroxylation is 1. The van der Waals surface area contributed by atoms with Crippen molar-refractivity contribution in [3.05, 3.63) is 84.1 Å². The number of hydrogen-bond donors (Lipinski definition) is 0. The summed E-state index contributed by atoms with van der Waals surface area (Å²) in [4.78, 5) is 17.0. The van der Waals surface area contributed by atoms with Crippen molar-refractivity contribution in [1.82, 2.24) is 19.6 Å². The van der Waals surface area contributed by atoms with Crippen molar-refractivity contribution in [1.29, 1.82) is 0 Å². The van der Waals surface area contributed by atoms with Gasteiger partial charge < -0.3 is 14.1 Å². The zero-order valence-corrected chi connectivity index (χ0v) is 17.9. The van der Waals surface area contributed by atoms with Crippen molar-refractivity contribution in [3.8, 4) is 5.75 Å². The van der Waals surface area contributed by atoms with E-state index in [9.17, 15) is 4.79 Å². The smallest absolute Gasteiger partial charge is 0.289 e. The third-order valence-electron chi connectivity index (χ3n) is 5.40. The highest BCUT2D eigenvalue weighted by Gasteiger charge is 2.24. The van der Waals surface area contributed by atoms with E-state index in [0.717, 1.165) is 37.4 Å².